The van der Waals surface area contributed by atoms with Crippen LogP contribution < -0.4 is 0 Å². The molecule has 0 heterocycles. The molecule has 0 saturated heterocycles. The molecule has 0 aliphatic heterocycles. The van der Waals surface area contributed by atoms with Gasteiger partial charge in [0.1, 0.15) is 0 Å². The average Bonchev–Trinajstić information content (AvgIpc) is 1.77. The van der Waals surface area contributed by atoms with Gasteiger partial charge in [0.05, 0.1) is 0 Å². The molecule has 86 valence electrons. The van der Waals surface area contributed by atoms with Crippen molar-refractivity contribution in [3.63, 3.8) is 0 Å². The summed E-state index contributed by atoms with van der Waals surface area (Å²) in [5.74, 6) is -6.59. The van der Waals surface area contributed by atoms with Crippen LogP contribution in [0.15, 0.2) is 0 Å². The van der Waals surface area contributed by atoms with Crippen molar-refractivity contribution >= 4 is 24.7 Å². The first kappa shape index (κ1) is 15.0. The van der Waals surface area contributed by atoms with Crippen LogP contribution in [-0.2, 0) is 12.4 Å². The minimum absolute atomic E-state index is 0.0899. The van der Waals surface area contributed by atoms with Gasteiger partial charge in [0.2, 0.25) is 0 Å². The van der Waals surface area contributed by atoms with Crippen LogP contribution >= 0.6 is 0 Å². The summed E-state index contributed by atoms with van der Waals surface area (Å²) in [5, 5.41) is 0. The summed E-state index contributed by atoms with van der Waals surface area (Å²) in [7, 11) is -5.16. The summed E-state index contributed by atoms with van der Waals surface area (Å²) in [6.07, 6.45) is -12.8. The molecule has 0 bridgehead atoms. The van der Waals surface area contributed by atoms with Crippen LogP contribution in [-0.4, -0.2) is 43.1 Å². The molecule has 15 heavy (non-hydrogen) atoms. The van der Waals surface area contributed by atoms with Gasteiger partial charge in [-0.15, -0.1) is 0 Å². The second-order valence-electron chi connectivity index (χ2n) is 2.38. The van der Waals surface area contributed by atoms with Gasteiger partial charge in [0.25, 0.3) is 0 Å². The summed E-state index contributed by atoms with van der Waals surface area (Å²) in [6.45, 7) is 0. The molecule has 0 aromatic rings. The van der Waals surface area contributed by atoms with Gasteiger partial charge in [-0.25, -0.2) is 0 Å². The van der Waals surface area contributed by atoms with Gasteiger partial charge in [-0.3, -0.25) is 0 Å². The van der Waals surface area contributed by atoms with E-state index in [2.05, 4.69) is 4.18 Å². The van der Waals surface area contributed by atoms with Crippen molar-refractivity contribution < 1.29 is 43.3 Å². The molecule has 0 aliphatic carbocycles. The van der Waals surface area contributed by atoms with E-state index in [1.54, 1.807) is 0 Å². The van der Waals surface area contributed by atoms with Crippen molar-refractivity contribution in [3.05, 3.63) is 0 Å². The Labute approximate surface area is 86.8 Å². The molecule has 0 spiro atoms. The molecule has 0 aromatic carbocycles. The summed E-state index contributed by atoms with van der Waals surface area (Å²) in [6, 6.07) is 0. The topological polar surface area (TPSA) is 43.4 Å². The van der Waals surface area contributed by atoms with Crippen LogP contribution in [0, 0.1) is 0 Å². The fraction of sp³-hybridized carbons (Fsp3) is 1.00. The zero-order valence-electron chi connectivity index (χ0n) is 6.78. The number of rotatable bonds is 3. The van der Waals surface area contributed by atoms with Crippen molar-refractivity contribution in [3.8, 4) is 0 Å². The van der Waals surface area contributed by atoms with Gasteiger partial charge < -0.3 is 0 Å². The van der Waals surface area contributed by atoms with Gasteiger partial charge in [0.15, 0.2) is 0 Å². The third-order valence-corrected chi connectivity index (χ3v) is 1.49. The van der Waals surface area contributed by atoms with E-state index in [1.807, 2.05) is 0 Å². The standard InChI is InChI=1S/C3F7O3S.Li/c4-1(5,2(6,7)8)3(9,10)13-14(11)12;. The van der Waals surface area contributed by atoms with Crippen molar-refractivity contribution in [1.29, 1.82) is 0 Å². The van der Waals surface area contributed by atoms with Crippen molar-refractivity contribution in [2.24, 2.45) is 0 Å². The predicted molar refractivity (Wildman–Crippen MR) is 31.7 cm³/mol. The first-order valence-electron chi connectivity index (χ1n) is 2.94. The Hall–Kier alpha value is 0.0174. The zero-order valence-corrected chi connectivity index (χ0v) is 7.60. The third kappa shape index (κ3) is 3.51. The van der Waals surface area contributed by atoms with Crippen LogP contribution in [0.1, 0.15) is 0 Å². The summed E-state index contributed by atoms with van der Waals surface area (Å²) in [4.78, 5) is 0. The maximum absolute atomic E-state index is 12.1. The van der Waals surface area contributed by atoms with E-state index in [-0.39, 0.29) is 16.5 Å². The van der Waals surface area contributed by atoms with Crippen molar-refractivity contribution in [2.45, 2.75) is 18.2 Å². The number of alkyl halides is 7. The Balaban J connectivity index is 5.21. The van der Waals surface area contributed by atoms with Crippen molar-refractivity contribution in [2.75, 3.05) is 0 Å². The van der Waals surface area contributed by atoms with E-state index >= 15 is 0 Å². The normalized spacial score (nSPS) is 15.5. The molecule has 0 N–H and O–H groups in total. The van der Waals surface area contributed by atoms with Gasteiger partial charge >= 0.3 is 86.3 Å². The van der Waals surface area contributed by atoms with E-state index in [1.165, 1.54) is 0 Å². The number of halogens is 7. The minimum atomic E-state index is -6.62. The second kappa shape index (κ2) is 3.80. The Bertz CT molecular complexity index is 332. The summed E-state index contributed by atoms with van der Waals surface area (Å²) >= 11 is -0.0899. The van der Waals surface area contributed by atoms with E-state index < -0.39 is 26.4 Å². The fourth-order valence-electron chi connectivity index (χ4n) is 0.407. The van der Waals surface area contributed by atoms with Crippen LogP contribution in [0.3, 0.4) is 0 Å². The Morgan fingerprint density at radius 2 is 1.27 bits per heavy atom. The average molecular weight is 256 g/mol. The van der Waals surface area contributed by atoms with Gasteiger partial charge in [-0.05, 0) is 0 Å². The van der Waals surface area contributed by atoms with Gasteiger partial charge in [0, 0.05) is 0 Å². The molecule has 0 aliphatic rings. The molecular formula is C3F7LiO3S. The van der Waals surface area contributed by atoms with Crippen molar-refractivity contribution in [1.82, 2.24) is 0 Å². The maximum atomic E-state index is 12.1. The van der Waals surface area contributed by atoms with Crippen LogP contribution in [0.5, 0.6) is 0 Å². The monoisotopic (exact) mass is 256 g/mol. The molecule has 0 atom stereocenters. The first-order chi connectivity index (χ1) is 6.21. The van der Waals surface area contributed by atoms with Crippen LogP contribution in [0.25, 0.3) is 0 Å². The predicted octanol–water partition coefficient (Wildman–Crippen LogP) is 1.21. The molecule has 0 fully saturated rings. The molecule has 0 rings (SSSR count). The van der Waals surface area contributed by atoms with E-state index in [4.69, 9.17) is 0 Å². The molecule has 0 unspecified atom stereocenters. The molecule has 0 amide bonds. The fourth-order valence-corrected chi connectivity index (χ4v) is 0.892. The Morgan fingerprint density at radius 3 is 1.47 bits per heavy atom. The third-order valence-electron chi connectivity index (χ3n) is 0.978. The van der Waals surface area contributed by atoms with Crippen LogP contribution in [0.4, 0.5) is 30.7 Å². The summed E-state index contributed by atoms with van der Waals surface area (Å²) < 4.78 is 105. The first-order valence-corrected chi connectivity index (χ1v) is 4.75. The zero-order chi connectivity index (χ0) is 12.7. The van der Waals surface area contributed by atoms with E-state index in [0.717, 1.165) is 0 Å². The molecular weight excluding hydrogens is 256 g/mol. The molecule has 0 radical (unpaired) electrons. The number of hydrogen-bond donors (Lipinski definition) is 0. The molecule has 0 saturated carbocycles. The Morgan fingerprint density at radius 1 is 0.933 bits per heavy atom. The second-order valence-corrected chi connectivity index (χ2v) is 3.95. The van der Waals surface area contributed by atoms with Gasteiger partial charge in [-0.2, -0.15) is 0 Å². The van der Waals surface area contributed by atoms with E-state index in [9.17, 15) is 39.2 Å². The molecule has 0 aromatic heterocycles. The summed E-state index contributed by atoms with van der Waals surface area (Å²) in [5.41, 5.74) is 0. The van der Waals surface area contributed by atoms with E-state index in [0.29, 0.717) is 0 Å². The van der Waals surface area contributed by atoms with Crippen LogP contribution in [0.2, 0.25) is 0 Å². The SMILES string of the molecule is [Li][S](=O)(=O)OC(F)(F)C(F)(F)C(F)(F)F. The Kier molecular flexibility index (Phi) is 3.80. The molecule has 3 nitrogen and oxygen atoms in total. The molecule has 12 heteroatoms. The van der Waals surface area contributed by atoms with Gasteiger partial charge in [-0.1, -0.05) is 0 Å². The quantitative estimate of drug-likeness (QED) is 0.563. The number of hydrogen-bond acceptors (Lipinski definition) is 3.